The minimum atomic E-state index is -0.968. The molecule has 0 unspecified atom stereocenters. The zero-order valence-corrected chi connectivity index (χ0v) is 11.5. The number of rotatable bonds is 2. The summed E-state index contributed by atoms with van der Waals surface area (Å²) in [6.07, 6.45) is 1.78. The second kappa shape index (κ2) is 4.21. The first kappa shape index (κ1) is 12.8. The van der Waals surface area contributed by atoms with E-state index < -0.39 is 5.60 Å². The minimum Gasteiger partial charge on any atom is -0.384 e. The van der Waals surface area contributed by atoms with E-state index in [9.17, 15) is 5.11 Å². The molecule has 0 saturated heterocycles. The van der Waals surface area contributed by atoms with E-state index in [1.165, 1.54) is 5.56 Å². The van der Waals surface area contributed by atoms with Gasteiger partial charge in [0.05, 0.1) is 11.9 Å². The normalized spacial score (nSPS) is 11.9. The summed E-state index contributed by atoms with van der Waals surface area (Å²) in [5.74, 6) is 0. The molecule has 0 amide bonds. The lowest BCUT2D eigenvalue weighted by Crippen LogP contribution is -2.15. The highest BCUT2D eigenvalue weighted by Gasteiger charge is 2.21. The summed E-state index contributed by atoms with van der Waals surface area (Å²) in [5.41, 5.74) is 4.17. The first-order valence-electron chi connectivity index (χ1n) is 6.02. The molecule has 4 heteroatoms. The Morgan fingerprint density at radius 1 is 1.11 bits per heavy atom. The summed E-state index contributed by atoms with van der Waals surface area (Å²) in [5, 5.41) is 18.1. The lowest BCUT2D eigenvalue weighted by Gasteiger charge is -2.13. The second-order valence-corrected chi connectivity index (χ2v) is 5.35. The van der Waals surface area contributed by atoms with Crippen LogP contribution in [0, 0.1) is 20.8 Å². The molecule has 0 aliphatic heterocycles. The van der Waals surface area contributed by atoms with Crippen LogP contribution in [0.3, 0.4) is 0 Å². The summed E-state index contributed by atoms with van der Waals surface area (Å²) in [4.78, 5) is 0. The van der Waals surface area contributed by atoms with Crippen LogP contribution in [0.5, 0.6) is 0 Å². The number of benzene rings is 1. The Morgan fingerprint density at radius 2 is 1.67 bits per heavy atom. The summed E-state index contributed by atoms with van der Waals surface area (Å²) in [7, 11) is 0. The number of nitrogens with zero attached hydrogens (tertiary/aromatic N) is 3. The molecular weight excluding hydrogens is 226 g/mol. The SMILES string of the molecule is Cc1cc(C)c(-n2cc(C(C)(C)O)nn2)c(C)c1. The van der Waals surface area contributed by atoms with Crippen molar-refractivity contribution in [3.8, 4) is 5.69 Å². The molecule has 0 radical (unpaired) electrons. The Bertz CT molecular complexity index is 556. The standard InChI is InChI=1S/C14H19N3O/c1-9-6-10(2)13(11(3)7-9)17-8-12(15-16-17)14(4,5)18/h6-8,18H,1-5H3. The van der Waals surface area contributed by atoms with Crippen molar-refractivity contribution >= 4 is 0 Å². The van der Waals surface area contributed by atoms with Gasteiger partial charge in [-0.15, -0.1) is 5.10 Å². The predicted molar refractivity (Wildman–Crippen MR) is 70.8 cm³/mol. The number of hydrogen-bond acceptors (Lipinski definition) is 3. The van der Waals surface area contributed by atoms with Crippen molar-refractivity contribution in [1.29, 1.82) is 0 Å². The second-order valence-electron chi connectivity index (χ2n) is 5.35. The van der Waals surface area contributed by atoms with Crippen molar-refractivity contribution in [3.05, 3.63) is 40.7 Å². The van der Waals surface area contributed by atoms with Crippen molar-refractivity contribution in [2.24, 2.45) is 0 Å². The van der Waals surface area contributed by atoms with E-state index in [1.54, 1.807) is 24.7 Å². The Hall–Kier alpha value is -1.68. The Morgan fingerprint density at radius 3 is 2.11 bits per heavy atom. The molecule has 0 aliphatic rings. The number of aromatic nitrogens is 3. The molecule has 96 valence electrons. The largest absolute Gasteiger partial charge is 0.384 e. The lowest BCUT2D eigenvalue weighted by atomic mass is 10.0. The molecule has 1 aromatic carbocycles. The molecule has 0 spiro atoms. The smallest absolute Gasteiger partial charge is 0.114 e. The topological polar surface area (TPSA) is 50.9 Å². The van der Waals surface area contributed by atoms with Crippen LogP contribution in [-0.4, -0.2) is 20.1 Å². The van der Waals surface area contributed by atoms with Crippen molar-refractivity contribution in [2.45, 2.75) is 40.2 Å². The van der Waals surface area contributed by atoms with Crippen LogP contribution in [0.15, 0.2) is 18.3 Å². The van der Waals surface area contributed by atoms with Crippen LogP contribution in [-0.2, 0) is 5.60 Å². The fraction of sp³-hybridized carbons (Fsp3) is 0.429. The molecule has 4 nitrogen and oxygen atoms in total. The first-order chi connectivity index (χ1) is 8.29. The molecule has 2 aromatic rings. The van der Waals surface area contributed by atoms with Crippen LogP contribution in [0.1, 0.15) is 36.2 Å². The van der Waals surface area contributed by atoms with Gasteiger partial charge in [-0.1, -0.05) is 22.9 Å². The fourth-order valence-electron chi connectivity index (χ4n) is 2.19. The number of hydrogen-bond donors (Lipinski definition) is 1. The van der Waals surface area contributed by atoms with Gasteiger partial charge < -0.3 is 5.11 Å². The van der Waals surface area contributed by atoms with Gasteiger partial charge in [0.2, 0.25) is 0 Å². The van der Waals surface area contributed by atoms with Gasteiger partial charge in [-0.05, 0) is 45.7 Å². The third kappa shape index (κ3) is 2.29. The fourth-order valence-corrected chi connectivity index (χ4v) is 2.19. The van der Waals surface area contributed by atoms with E-state index in [1.807, 2.05) is 0 Å². The maximum atomic E-state index is 9.92. The van der Waals surface area contributed by atoms with Gasteiger partial charge in [0.1, 0.15) is 11.3 Å². The highest BCUT2D eigenvalue weighted by atomic mass is 16.3. The Kier molecular flexibility index (Phi) is 2.99. The Labute approximate surface area is 107 Å². The van der Waals surface area contributed by atoms with Gasteiger partial charge in [0.15, 0.2) is 0 Å². The molecule has 18 heavy (non-hydrogen) atoms. The van der Waals surface area contributed by atoms with Crippen LogP contribution in [0.25, 0.3) is 5.69 Å². The molecule has 2 rings (SSSR count). The monoisotopic (exact) mass is 245 g/mol. The Balaban J connectivity index is 2.53. The van der Waals surface area contributed by atoms with Gasteiger partial charge in [0, 0.05) is 0 Å². The zero-order valence-electron chi connectivity index (χ0n) is 11.5. The summed E-state index contributed by atoms with van der Waals surface area (Å²) >= 11 is 0. The lowest BCUT2D eigenvalue weighted by molar-refractivity contribution is 0.0737. The van der Waals surface area contributed by atoms with Crippen LogP contribution >= 0.6 is 0 Å². The molecule has 1 aromatic heterocycles. The van der Waals surface area contributed by atoms with Crippen molar-refractivity contribution in [3.63, 3.8) is 0 Å². The van der Waals surface area contributed by atoms with Crippen LogP contribution in [0.2, 0.25) is 0 Å². The van der Waals surface area contributed by atoms with Crippen molar-refractivity contribution < 1.29 is 5.11 Å². The van der Waals surface area contributed by atoms with Crippen LogP contribution in [0.4, 0.5) is 0 Å². The molecule has 0 saturated carbocycles. The van der Waals surface area contributed by atoms with Crippen LogP contribution < -0.4 is 0 Å². The third-order valence-electron chi connectivity index (χ3n) is 2.98. The number of aliphatic hydroxyl groups is 1. The van der Waals surface area contributed by atoms with Gasteiger partial charge in [-0.25, -0.2) is 4.68 Å². The van der Waals surface area contributed by atoms with Gasteiger partial charge in [0.25, 0.3) is 0 Å². The predicted octanol–water partition coefficient (Wildman–Crippen LogP) is 2.42. The average Bonchev–Trinajstić information content (AvgIpc) is 2.64. The van der Waals surface area contributed by atoms with E-state index >= 15 is 0 Å². The minimum absolute atomic E-state index is 0.571. The molecular formula is C14H19N3O. The first-order valence-corrected chi connectivity index (χ1v) is 6.02. The highest BCUT2D eigenvalue weighted by molar-refractivity contribution is 5.48. The van der Waals surface area contributed by atoms with Gasteiger partial charge >= 0.3 is 0 Å². The summed E-state index contributed by atoms with van der Waals surface area (Å²) < 4.78 is 1.73. The summed E-state index contributed by atoms with van der Waals surface area (Å²) in [6, 6.07) is 4.24. The molecule has 0 aliphatic carbocycles. The molecule has 0 bridgehead atoms. The van der Waals surface area contributed by atoms with Crippen molar-refractivity contribution in [1.82, 2.24) is 15.0 Å². The van der Waals surface area contributed by atoms with Gasteiger partial charge in [-0.3, -0.25) is 0 Å². The maximum Gasteiger partial charge on any atom is 0.114 e. The highest BCUT2D eigenvalue weighted by Crippen LogP contribution is 2.22. The molecule has 1 N–H and O–H groups in total. The van der Waals surface area contributed by atoms with E-state index in [0.717, 1.165) is 16.8 Å². The van der Waals surface area contributed by atoms with E-state index in [4.69, 9.17) is 0 Å². The summed E-state index contributed by atoms with van der Waals surface area (Å²) in [6.45, 7) is 9.60. The number of aryl methyl sites for hydroxylation is 3. The average molecular weight is 245 g/mol. The zero-order chi connectivity index (χ0) is 13.5. The van der Waals surface area contributed by atoms with E-state index in [2.05, 4.69) is 43.2 Å². The maximum absolute atomic E-state index is 9.92. The van der Waals surface area contributed by atoms with Crippen molar-refractivity contribution in [2.75, 3.05) is 0 Å². The molecule has 0 atom stereocenters. The molecule has 1 heterocycles. The molecule has 0 fully saturated rings. The third-order valence-corrected chi connectivity index (χ3v) is 2.98. The van der Waals surface area contributed by atoms with E-state index in [-0.39, 0.29) is 0 Å². The van der Waals surface area contributed by atoms with Gasteiger partial charge in [-0.2, -0.15) is 0 Å². The van der Waals surface area contributed by atoms with E-state index in [0.29, 0.717) is 5.69 Å². The quantitative estimate of drug-likeness (QED) is 0.884.